The summed E-state index contributed by atoms with van der Waals surface area (Å²) in [5.74, 6) is 1.54. The Hall–Kier alpha value is -1.75. The van der Waals surface area contributed by atoms with E-state index in [1.165, 1.54) is 17.1 Å². The predicted octanol–water partition coefficient (Wildman–Crippen LogP) is 3.73. The molecule has 1 unspecified atom stereocenters. The van der Waals surface area contributed by atoms with Gasteiger partial charge in [-0.3, -0.25) is 0 Å². The zero-order valence-corrected chi connectivity index (χ0v) is 12.9. The molecule has 5 heteroatoms. The Labute approximate surface area is 124 Å². The SMILES string of the molecule is CC(C)Oc1c(N)nsc1NCC(C)c1ccccc1. The topological polar surface area (TPSA) is 60.2 Å². The quantitative estimate of drug-likeness (QED) is 0.851. The monoisotopic (exact) mass is 291 g/mol. The number of nitrogens with one attached hydrogen (secondary N) is 1. The molecule has 0 bridgehead atoms. The number of ether oxygens (including phenoxy) is 1. The van der Waals surface area contributed by atoms with Crippen molar-refractivity contribution in [1.82, 2.24) is 4.37 Å². The van der Waals surface area contributed by atoms with Crippen LogP contribution in [0.3, 0.4) is 0 Å². The molecule has 0 aliphatic carbocycles. The van der Waals surface area contributed by atoms with Gasteiger partial charge in [0.05, 0.1) is 6.10 Å². The summed E-state index contributed by atoms with van der Waals surface area (Å²) in [6, 6.07) is 10.4. The van der Waals surface area contributed by atoms with Crippen LogP contribution in [0.15, 0.2) is 30.3 Å². The van der Waals surface area contributed by atoms with E-state index in [1.54, 1.807) is 0 Å². The van der Waals surface area contributed by atoms with Crippen molar-refractivity contribution >= 4 is 22.4 Å². The Morgan fingerprint density at radius 3 is 2.60 bits per heavy atom. The maximum Gasteiger partial charge on any atom is 0.197 e. The highest BCUT2D eigenvalue weighted by molar-refractivity contribution is 7.11. The second-order valence-electron chi connectivity index (χ2n) is 5.09. The lowest BCUT2D eigenvalue weighted by Gasteiger charge is -2.15. The Kier molecular flexibility index (Phi) is 4.84. The first-order chi connectivity index (χ1) is 9.58. The van der Waals surface area contributed by atoms with Gasteiger partial charge in [-0.2, -0.15) is 4.37 Å². The van der Waals surface area contributed by atoms with Crippen LogP contribution in [0.4, 0.5) is 10.8 Å². The van der Waals surface area contributed by atoms with Crippen molar-refractivity contribution in [2.24, 2.45) is 0 Å². The number of hydrogen-bond acceptors (Lipinski definition) is 5. The standard InChI is InChI=1S/C15H21N3OS/c1-10(2)19-13-14(16)18-20-15(13)17-9-11(3)12-7-5-4-6-8-12/h4-8,10-11,17H,9H2,1-3H3,(H2,16,18). The first-order valence-electron chi connectivity index (χ1n) is 6.78. The summed E-state index contributed by atoms with van der Waals surface area (Å²) >= 11 is 1.34. The molecule has 2 aromatic rings. The molecule has 0 radical (unpaired) electrons. The highest BCUT2D eigenvalue weighted by Gasteiger charge is 2.15. The van der Waals surface area contributed by atoms with Crippen LogP contribution in [0.2, 0.25) is 0 Å². The van der Waals surface area contributed by atoms with Crippen molar-refractivity contribution in [1.29, 1.82) is 0 Å². The summed E-state index contributed by atoms with van der Waals surface area (Å²) in [6.45, 7) is 6.97. The number of benzene rings is 1. The van der Waals surface area contributed by atoms with Gasteiger partial charge in [0.1, 0.15) is 0 Å². The second kappa shape index (κ2) is 6.61. The smallest absolute Gasteiger partial charge is 0.197 e. The van der Waals surface area contributed by atoms with Gasteiger partial charge in [0.2, 0.25) is 0 Å². The molecular weight excluding hydrogens is 270 g/mol. The van der Waals surface area contributed by atoms with Crippen molar-refractivity contribution in [2.45, 2.75) is 32.8 Å². The van der Waals surface area contributed by atoms with Crippen molar-refractivity contribution in [2.75, 3.05) is 17.6 Å². The summed E-state index contributed by atoms with van der Waals surface area (Å²) < 4.78 is 9.87. The first kappa shape index (κ1) is 14.7. The minimum Gasteiger partial charge on any atom is -0.484 e. The fraction of sp³-hybridized carbons (Fsp3) is 0.400. The lowest BCUT2D eigenvalue weighted by atomic mass is 10.0. The summed E-state index contributed by atoms with van der Waals surface area (Å²) in [5, 5.41) is 4.29. The van der Waals surface area contributed by atoms with Crippen LogP contribution < -0.4 is 15.8 Å². The Morgan fingerprint density at radius 2 is 1.95 bits per heavy atom. The van der Waals surface area contributed by atoms with E-state index in [-0.39, 0.29) is 6.10 Å². The Bertz CT molecular complexity index is 539. The zero-order chi connectivity index (χ0) is 14.5. The summed E-state index contributed by atoms with van der Waals surface area (Å²) in [7, 11) is 0. The first-order valence-corrected chi connectivity index (χ1v) is 7.56. The molecule has 3 N–H and O–H groups in total. The molecule has 0 fully saturated rings. The van der Waals surface area contributed by atoms with Crippen molar-refractivity contribution in [3.63, 3.8) is 0 Å². The third kappa shape index (κ3) is 3.63. The normalized spacial score (nSPS) is 12.4. The van der Waals surface area contributed by atoms with Gasteiger partial charge < -0.3 is 15.8 Å². The van der Waals surface area contributed by atoms with E-state index >= 15 is 0 Å². The Balaban J connectivity index is 2.01. The molecule has 4 nitrogen and oxygen atoms in total. The summed E-state index contributed by atoms with van der Waals surface area (Å²) in [5.41, 5.74) is 7.15. The molecule has 1 heterocycles. The molecular formula is C15H21N3OS. The number of anilines is 2. The number of nitrogens with zero attached hydrogens (tertiary/aromatic N) is 1. The molecule has 1 aromatic carbocycles. The van der Waals surface area contributed by atoms with E-state index in [0.717, 1.165) is 11.5 Å². The van der Waals surface area contributed by atoms with Crippen LogP contribution in [-0.4, -0.2) is 17.0 Å². The number of nitrogens with two attached hydrogens (primary N) is 1. The second-order valence-corrected chi connectivity index (χ2v) is 5.86. The minimum atomic E-state index is 0.0841. The van der Waals surface area contributed by atoms with E-state index in [9.17, 15) is 0 Å². The minimum absolute atomic E-state index is 0.0841. The van der Waals surface area contributed by atoms with E-state index in [1.807, 2.05) is 19.9 Å². The van der Waals surface area contributed by atoms with Crippen molar-refractivity contribution in [3.8, 4) is 5.75 Å². The van der Waals surface area contributed by atoms with Crippen molar-refractivity contribution in [3.05, 3.63) is 35.9 Å². The summed E-state index contributed by atoms with van der Waals surface area (Å²) in [6.07, 6.45) is 0.0841. The maximum atomic E-state index is 5.84. The molecule has 20 heavy (non-hydrogen) atoms. The summed E-state index contributed by atoms with van der Waals surface area (Å²) in [4.78, 5) is 0. The third-order valence-electron chi connectivity index (χ3n) is 2.97. The molecule has 0 aliphatic rings. The number of nitrogen functional groups attached to an aromatic ring is 1. The third-order valence-corrected chi connectivity index (χ3v) is 3.77. The van der Waals surface area contributed by atoms with Gasteiger partial charge in [0.25, 0.3) is 0 Å². The number of hydrogen-bond donors (Lipinski definition) is 2. The molecule has 1 aromatic heterocycles. The number of rotatable bonds is 6. The van der Waals surface area contributed by atoms with Gasteiger partial charge in [-0.05, 0) is 36.9 Å². The molecule has 2 rings (SSSR count). The lowest BCUT2D eigenvalue weighted by Crippen LogP contribution is -2.12. The fourth-order valence-electron chi connectivity index (χ4n) is 1.90. The fourth-order valence-corrected chi connectivity index (χ4v) is 2.56. The maximum absolute atomic E-state index is 5.84. The van der Waals surface area contributed by atoms with Crippen LogP contribution in [0.5, 0.6) is 5.75 Å². The van der Waals surface area contributed by atoms with Gasteiger partial charge >= 0.3 is 0 Å². The highest BCUT2D eigenvalue weighted by Crippen LogP contribution is 2.36. The van der Waals surface area contributed by atoms with Crippen LogP contribution >= 0.6 is 11.5 Å². The molecule has 1 atom stereocenters. The average molecular weight is 291 g/mol. The molecule has 0 saturated heterocycles. The van der Waals surface area contributed by atoms with Crippen LogP contribution in [0.1, 0.15) is 32.3 Å². The predicted molar refractivity (Wildman–Crippen MR) is 85.6 cm³/mol. The van der Waals surface area contributed by atoms with Gasteiger partial charge in [-0.25, -0.2) is 0 Å². The molecule has 0 saturated carbocycles. The highest BCUT2D eigenvalue weighted by atomic mass is 32.1. The van der Waals surface area contributed by atoms with Gasteiger partial charge in [0, 0.05) is 6.54 Å². The molecule has 108 valence electrons. The van der Waals surface area contributed by atoms with E-state index in [0.29, 0.717) is 17.5 Å². The van der Waals surface area contributed by atoms with E-state index in [2.05, 4.69) is 40.9 Å². The van der Waals surface area contributed by atoms with Crippen LogP contribution in [0.25, 0.3) is 0 Å². The molecule has 0 spiro atoms. The largest absolute Gasteiger partial charge is 0.484 e. The lowest BCUT2D eigenvalue weighted by molar-refractivity contribution is 0.245. The van der Waals surface area contributed by atoms with Crippen LogP contribution in [0, 0.1) is 0 Å². The average Bonchev–Trinajstić information content (AvgIpc) is 2.78. The Morgan fingerprint density at radius 1 is 1.25 bits per heavy atom. The van der Waals surface area contributed by atoms with Crippen molar-refractivity contribution < 1.29 is 4.74 Å². The van der Waals surface area contributed by atoms with Gasteiger partial charge in [-0.15, -0.1) is 0 Å². The molecule has 0 amide bonds. The van der Waals surface area contributed by atoms with E-state index in [4.69, 9.17) is 10.5 Å². The van der Waals surface area contributed by atoms with Gasteiger partial charge in [-0.1, -0.05) is 37.3 Å². The van der Waals surface area contributed by atoms with Gasteiger partial charge in [0.15, 0.2) is 16.6 Å². The van der Waals surface area contributed by atoms with E-state index < -0.39 is 0 Å². The molecule has 0 aliphatic heterocycles. The van der Waals surface area contributed by atoms with Crippen LogP contribution in [-0.2, 0) is 0 Å². The number of aromatic nitrogens is 1. The zero-order valence-electron chi connectivity index (χ0n) is 12.1.